The maximum Gasteiger partial charge on any atom is 0.176 e. The molecule has 0 heterocycles. The van der Waals surface area contributed by atoms with E-state index < -0.39 is 23.1 Å². The Hall–Kier alpha value is -3.12. The van der Waals surface area contributed by atoms with Crippen molar-refractivity contribution in [3.63, 3.8) is 0 Å². The summed E-state index contributed by atoms with van der Waals surface area (Å²) in [5.74, 6) is -3.58. The summed E-state index contributed by atoms with van der Waals surface area (Å²) in [5, 5.41) is 37.1. The van der Waals surface area contributed by atoms with E-state index in [4.69, 9.17) is 10.5 Å². The Kier molecular flexibility index (Phi) is 3.24. The summed E-state index contributed by atoms with van der Waals surface area (Å²) in [6.07, 6.45) is 0. The number of benzene rings is 2. The van der Waals surface area contributed by atoms with Crippen molar-refractivity contribution < 1.29 is 19.0 Å². The molecule has 0 aromatic heterocycles. The third kappa shape index (κ3) is 2.00. The van der Waals surface area contributed by atoms with Crippen LogP contribution in [0.3, 0.4) is 0 Å². The van der Waals surface area contributed by atoms with Crippen LogP contribution < -0.4 is 0 Å². The van der Waals surface area contributed by atoms with Gasteiger partial charge >= 0.3 is 0 Å². The molecule has 0 aliphatic heterocycles. The second kappa shape index (κ2) is 4.87. The van der Waals surface area contributed by atoms with E-state index in [1.54, 1.807) is 12.1 Å². The highest BCUT2D eigenvalue weighted by molar-refractivity contribution is 5.81. The zero-order valence-electron chi connectivity index (χ0n) is 9.85. The number of phenolic OH excluding ortho intramolecular Hbond substituents is 2. The molecule has 98 valence electrons. The molecule has 2 aromatic carbocycles. The fourth-order valence-electron chi connectivity index (χ4n) is 1.81. The molecule has 0 saturated heterocycles. The Morgan fingerprint density at radius 1 is 0.950 bits per heavy atom. The number of nitriles is 2. The zero-order valence-corrected chi connectivity index (χ0v) is 9.85. The second-order valence-electron chi connectivity index (χ2n) is 3.89. The predicted molar refractivity (Wildman–Crippen MR) is 64.6 cm³/mol. The molecule has 0 spiro atoms. The quantitative estimate of drug-likeness (QED) is 0.781. The maximum absolute atomic E-state index is 13.3. The number of rotatable bonds is 1. The minimum atomic E-state index is -1.15. The van der Waals surface area contributed by atoms with Crippen LogP contribution in [0.1, 0.15) is 11.1 Å². The topological polar surface area (TPSA) is 88.0 Å². The number of hydrogen-bond acceptors (Lipinski definition) is 4. The molecule has 0 fully saturated rings. The standard InChI is InChI=1S/C14H6F2N2O2/c15-10-2-1-7(3-11(10)16)13-8(5-17)4-12(19)14(20)9(13)6-18/h1-4,19-20H. The van der Waals surface area contributed by atoms with Crippen LogP contribution in [0.15, 0.2) is 24.3 Å². The first-order valence-electron chi connectivity index (χ1n) is 5.34. The number of halogens is 2. The van der Waals surface area contributed by atoms with Crippen molar-refractivity contribution in [2.75, 3.05) is 0 Å². The van der Waals surface area contributed by atoms with Crippen molar-refractivity contribution >= 4 is 0 Å². The van der Waals surface area contributed by atoms with Gasteiger partial charge in [0.2, 0.25) is 0 Å². The van der Waals surface area contributed by atoms with Gasteiger partial charge in [0.15, 0.2) is 23.1 Å². The van der Waals surface area contributed by atoms with Gasteiger partial charge in [0.25, 0.3) is 0 Å². The number of aromatic hydroxyl groups is 2. The van der Waals surface area contributed by atoms with Crippen LogP contribution in [0.2, 0.25) is 0 Å². The van der Waals surface area contributed by atoms with Crippen molar-refractivity contribution in [2.24, 2.45) is 0 Å². The van der Waals surface area contributed by atoms with Crippen molar-refractivity contribution in [1.82, 2.24) is 0 Å². The summed E-state index contributed by atoms with van der Waals surface area (Å²) in [6.45, 7) is 0. The molecule has 4 nitrogen and oxygen atoms in total. The zero-order chi connectivity index (χ0) is 14.9. The molecule has 20 heavy (non-hydrogen) atoms. The summed E-state index contributed by atoms with van der Waals surface area (Å²) < 4.78 is 26.2. The summed E-state index contributed by atoms with van der Waals surface area (Å²) in [5.41, 5.74) is -0.535. The van der Waals surface area contributed by atoms with Gasteiger partial charge in [0.05, 0.1) is 11.6 Å². The molecule has 0 atom stereocenters. The molecule has 0 amide bonds. The van der Waals surface area contributed by atoms with E-state index in [2.05, 4.69) is 0 Å². The predicted octanol–water partition coefficient (Wildman–Crippen LogP) is 2.79. The van der Waals surface area contributed by atoms with Crippen LogP contribution in [-0.2, 0) is 0 Å². The lowest BCUT2D eigenvalue weighted by molar-refractivity contribution is 0.402. The highest BCUT2D eigenvalue weighted by atomic mass is 19.2. The van der Waals surface area contributed by atoms with E-state index in [9.17, 15) is 19.0 Å². The van der Waals surface area contributed by atoms with Gasteiger partial charge < -0.3 is 10.2 Å². The largest absolute Gasteiger partial charge is 0.504 e. The van der Waals surface area contributed by atoms with Crippen molar-refractivity contribution in [3.8, 4) is 34.8 Å². The molecule has 0 aliphatic rings. The van der Waals surface area contributed by atoms with Gasteiger partial charge in [-0.1, -0.05) is 6.07 Å². The minimum Gasteiger partial charge on any atom is -0.504 e. The summed E-state index contributed by atoms with van der Waals surface area (Å²) >= 11 is 0. The van der Waals surface area contributed by atoms with E-state index in [1.165, 1.54) is 6.07 Å². The molecule has 2 rings (SSSR count). The monoisotopic (exact) mass is 272 g/mol. The Balaban J connectivity index is 2.86. The van der Waals surface area contributed by atoms with E-state index >= 15 is 0 Å². The molecule has 0 unspecified atom stereocenters. The van der Waals surface area contributed by atoms with Gasteiger partial charge in [-0.05, 0) is 17.7 Å². The fraction of sp³-hybridized carbons (Fsp3) is 0. The molecule has 6 heteroatoms. The molecular formula is C14H6F2N2O2. The Morgan fingerprint density at radius 3 is 2.20 bits per heavy atom. The van der Waals surface area contributed by atoms with Gasteiger partial charge in [0, 0.05) is 11.6 Å². The molecule has 0 saturated carbocycles. The Labute approximate surface area is 112 Å². The SMILES string of the molecule is N#Cc1cc(O)c(O)c(C#N)c1-c1ccc(F)c(F)c1. The van der Waals surface area contributed by atoms with Gasteiger partial charge in [0.1, 0.15) is 11.6 Å². The average molecular weight is 272 g/mol. The van der Waals surface area contributed by atoms with Gasteiger partial charge in [-0.2, -0.15) is 10.5 Å². The first kappa shape index (κ1) is 13.3. The fourth-order valence-corrected chi connectivity index (χ4v) is 1.81. The third-order valence-electron chi connectivity index (χ3n) is 2.72. The van der Waals surface area contributed by atoms with E-state index in [0.717, 1.165) is 18.2 Å². The maximum atomic E-state index is 13.3. The Bertz CT molecular complexity index is 789. The lowest BCUT2D eigenvalue weighted by Crippen LogP contribution is -1.93. The highest BCUT2D eigenvalue weighted by Crippen LogP contribution is 2.39. The van der Waals surface area contributed by atoms with Crippen LogP contribution >= 0.6 is 0 Å². The number of hydrogen-bond donors (Lipinski definition) is 2. The first-order chi connectivity index (χ1) is 9.49. The lowest BCUT2D eigenvalue weighted by Gasteiger charge is -2.10. The van der Waals surface area contributed by atoms with Gasteiger partial charge in [-0.15, -0.1) is 0 Å². The van der Waals surface area contributed by atoms with Crippen LogP contribution in [0.4, 0.5) is 8.78 Å². The molecule has 0 aliphatic carbocycles. The second-order valence-corrected chi connectivity index (χ2v) is 3.89. The number of phenols is 2. The minimum absolute atomic E-state index is 0.0484. The third-order valence-corrected chi connectivity index (χ3v) is 2.72. The van der Waals surface area contributed by atoms with Crippen LogP contribution in [0.5, 0.6) is 11.5 Å². The molecular weight excluding hydrogens is 266 g/mol. The van der Waals surface area contributed by atoms with Crippen molar-refractivity contribution in [1.29, 1.82) is 10.5 Å². The molecule has 0 bridgehead atoms. The lowest BCUT2D eigenvalue weighted by atomic mass is 9.94. The van der Waals surface area contributed by atoms with Crippen LogP contribution in [0, 0.1) is 34.3 Å². The van der Waals surface area contributed by atoms with Gasteiger partial charge in [-0.3, -0.25) is 0 Å². The van der Waals surface area contributed by atoms with Crippen LogP contribution in [-0.4, -0.2) is 10.2 Å². The summed E-state index contributed by atoms with van der Waals surface area (Å²) in [4.78, 5) is 0. The first-order valence-corrected chi connectivity index (χ1v) is 5.34. The van der Waals surface area contributed by atoms with Crippen molar-refractivity contribution in [2.45, 2.75) is 0 Å². The van der Waals surface area contributed by atoms with Gasteiger partial charge in [-0.25, -0.2) is 8.78 Å². The van der Waals surface area contributed by atoms with E-state index in [1.807, 2.05) is 0 Å². The van der Waals surface area contributed by atoms with E-state index in [-0.39, 0.29) is 22.3 Å². The molecule has 0 radical (unpaired) electrons. The summed E-state index contributed by atoms with van der Waals surface area (Å²) in [7, 11) is 0. The normalized spacial score (nSPS) is 9.80. The van der Waals surface area contributed by atoms with Crippen LogP contribution in [0.25, 0.3) is 11.1 Å². The smallest absolute Gasteiger partial charge is 0.176 e. The summed E-state index contributed by atoms with van der Waals surface area (Å²) in [6, 6.07) is 7.14. The molecule has 2 N–H and O–H groups in total. The average Bonchev–Trinajstić information content (AvgIpc) is 2.44. The van der Waals surface area contributed by atoms with Crippen molar-refractivity contribution in [3.05, 3.63) is 47.0 Å². The Morgan fingerprint density at radius 2 is 1.65 bits per heavy atom. The van der Waals surface area contributed by atoms with E-state index in [0.29, 0.717) is 0 Å². The molecule has 2 aromatic rings. The highest BCUT2D eigenvalue weighted by Gasteiger charge is 2.19. The number of nitrogens with zero attached hydrogens (tertiary/aromatic N) is 2.